The van der Waals surface area contributed by atoms with Crippen molar-refractivity contribution in [3.8, 4) is 0 Å². The van der Waals surface area contributed by atoms with E-state index in [2.05, 4.69) is 20.9 Å². The van der Waals surface area contributed by atoms with E-state index in [0.29, 0.717) is 6.54 Å². The molecule has 0 aliphatic rings. The third kappa shape index (κ3) is 3.45. The summed E-state index contributed by atoms with van der Waals surface area (Å²) in [5, 5.41) is 0. The molecular weight excluding hydrogens is 316 g/mol. The van der Waals surface area contributed by atoms with Gasteiger partial charge < -0.3 is 4.90 Å². The minimum Gasteiger partial charge on any atom is -0.341 e. The SMILES string of the molecule is Cc1c(Br)cccc1C(=O)N(C)CCc1ccncc1. The highest BCUT2D eigenvalue weighted by molar-refractivity contribution is 9.10. The number of pyridine rings is 1. The van der Waals surface area contributed by atoms with Crippen molar-refractivity contribution in [1.82, 2.24) is 9.88 Å². The number of amides is 1. The van der Waals surface area contributed by atoms with Crippen molar-refractivity contribution >= 4 is 21.8 Å². The highest BCUT2D eigenvalue weighted by atomic mass is 79.9. The van der Waals surface area contributed by atoms with Gasteiger partial charge in [0.2, 0.25) is 0 Å². The van der Waals surface area contributed by atoms with E-state index >= 15 is 0 Å². The van der Waals surface area contributed by atoms with Gasteiger partial charge in [0.15, 0.2) is 0 Å². The van der Waals surface area contributed by atoms with E-state index in [1.807, 2.05) is 44.3 Å². The van der Waals surface area contributed by atoms with Crippen molar-refractivity contribution < 1.29 is 4.79 Å². The molecule has 0 spiro atoms. The Balaban J connectivity index is 2.04. The number of carbonyl (C=O) groups excluding carboxylic acids is 1. The van der Waals surface area contributed by atoms with Crippen molar-refractivity contribution in [3.63, 3.8) is 0 Å². The molecule has 1 aromatic carbocycles. The molecule has 0 aliphatic heterocycles. The minimum absolute atomic E-state index is 0.0536. The van der Waals surface area contributed by atoms with Crippen molar-refractivity contribution in [3.05, 3.63) is 63.9 Å². The van der Waals surface area contributed by atoms with E-state index < -0.39 is 0 Å². The predicted molar refractivity (Wildman–Crippen MR) is 83.8 cm³/mol. The van der Waals surface area contributed by atoms with Gasteiger partial charge in [-0.2, -0.15) is 0 Å². The molecule has 1 heterocycles. The van der Waals surface area contributed by atoms with E-state index in [-0.39, 0.29) is 5.91 Å². The Morgan fingerprint density at radius 2 is 1.95 bits per heavy atom. The molecule has 1 aromatic heterocycles. The van der Waals surface area contributed by atoms with Crippen LogP contribution in [0, 0.1) is 6.92 Å². The molecule has 0 aliphatic carbocycles. The summed E-state index contributed by atoms with van der Waals surface area (Å²) in [7, 11) is 1.84. The number of rotatable bonds is 4. The van der Waals surface area contributed by atoms with Crippen molar-refractivity contribution in [2.45, 2.75) is 13.3 Å². The number of halogens is 1. The van der Waals surface area contributed by atoms with Crippen LogP contribution in [-0.4, -0.2) is 29.4 Å². The van der Waals surface area contributed by atoms with E-state index in [1.165, 1.54) is 5.56 Å². The Hall–Kier alpha value is -1.68. The maximum atomic E-state index is 12.4. The smallest absolute Gasteiger partial charge is 0.253 e. The average Bonchev–Trinajstić information content (AvgIpc) is 2.48. The van der Waals surface area contributed by atoms with Gasteiger partial charge in [0.25, 0.3) is 5.91 Å². The minimum atomic E-state index is 0.0536. The zero-order valence-corrected chi connectivity index (χ0v) is 13.2. The van der Waals surface area contributed by atoms with Gasteiger partial charge in [-0.3, -0.25) is 9.78 Å². The molecule has 3 nitrogen and oxygen atoms in total. The van der Waals surface area contributed by atoms with E-state index in [0.717, 1.165) is 22.0 Å². The summed E-state index contributed by atoms with van der Waals surface area (Å²) in [6.07, 6.45) is 4.38. The Labute approximate surface area is 127 Å². The zero-order chi connectivity index (χ0) is 14.5. The Morgan fingerprint density at radius 3 is 2.65 bits per heavy atom. The van der Waals surface area contributed by atoms with Crippen LogP contribution in [0.3, 0.4) is 0 Å². The van der Waals surface area contributed by atoms with Gasteiger partial charge in [-0.1, -0.05) is 22.0 Å². The van der Waals surface area contributed by atoms with Crippen LogP contribution in [0.1, 0.15) is 21.5 Å². The molecular formula is C16H17BrN2O. The molecule has 0 bridgehead atoms. The van der Waals surface area contributed by atoms with Crippen molar-refractivity contribution in [2.75, 3.05) is 13.6 Å². The van der Waals surface area contributed by atoms with Crippen LogP contribution in [0.5, 0.6) is 0 Å². The Kier molecular flexibility index (Phi) is 4.90. The zero-order valence-electron chi connectivity index (χ0n) is 11.6. The Bertz CT molecular complexity index is 599. The molecule has 104 valence electrons. The number of hydrogen-bond acceptors (Lipinski definition) is 2. The van der Waals surface area contributed by atoms with Gasteiger partial charge >= 0.3 is 0 Å². The van der Waals surface area contributed by atoms with Crippen molar-refractivity contribution in [1.29, 1.82) is 0 Å². The molecule has 1 amide bonds. The topological polar surface area (TPSA) is 33.2 Å². The van der Waals surface area contributed by atoms with E-state index in [1.54, 1.807) is 17.3 Å². The van der Waals surface area contributed by atoms with Crippen LogP contribution in [0.2, 0.25) is 0 Å². The quantitative estimate of drug-likeness (QED) is 0.858. The molecule has 4 heteroatoms. The second kappa shape index (κ2) is 6.66. The third-order valence-corrected chi connectivity index (χ3v) is 4.19. The summed E-state index contributed by atoms with van der Waals surface area (Å²) in [6.45, 7) is 2.64. The van der Waals surface area contributed by atoms with Gasteiger partial charge in [0.1, 0.15) is 0 Å². The van der Waals surface area contributed by atoms with Crippen LogP contribution in [0.4, 0.5) is 0 Å². The molecule has 2 aromatic rings. The lowest BCUT2D eigenvalue weighted by molar-refractivity contribution is 0.0796. The van der Waals surface area contributed by atoms with Crippen LogP contribution in [-0.2, 0) is 6.42 Å². The molecule has 0 saturated carbocycles. The monoisotopic (exact) mass is 332 g/mol. The number of nitrogens with zero attached hydrogens (tertiary/aromatic N) is 2. The summed E-state index contributed by atoms with van der Waals surface area (Å²) in [5.41, 5.74) is 2.91. The fourth-order valence-electron chi connectivity index (χ4n) is 1.99. The fourth-order valence-corrected chi connectivity index (χ4v) is 2.36. The maximum absolute atomic E-state index is 12.4. The largest absolute Gasteiger partial charge is 0.341 e. The molecule has 0 radical (unpaired) electrons. The molecule has 0 N–H and O–H groups in total. The van der Waals surface area contributed by atoms with Crippen LogP contribution >= 0.6 is 15.9 Å². The highest BCUT2D eigenvalue weighted by Gasteiger charge is 2.14. The van der Waals surface area contributed by atoms with Crippen LogP contribution in [0.25, 0.3) is 0 Å². The molecule has 20 heavy (non-hydrogen) atoms. The highest BCUT2D eigenvalue weighted by Crippen LogP contribution is 2.20. The average molecular weight is 333 g/mol. The standard InChI is InChI=1S/C16H17BrN2O/c1-12-14(4-3-5-15(12)17)16(20)19(2)11-8-13-6-9-18-10-7-13/h3-7,9-10H,8,11H2,1-2H3. The fraction of sp³-hybridized carbons (Fsp3) is 0.250. The molecule has 0 unspecified atom stereocenters. The first-order valence-corrected chi connectivity index (χ1v) is 7.28. The lowest BCUT2D eigenvalue weighted by Crippen LogP contribution is -2.29. The van der Waals surface area contributed by atoms with Gasteiger partial charge in [-0.25, -0.2) is 0 Å². The molecule has 0 saturated heterocycles. The normalized spacial score (nSPS) is 10.3. The van der Waals surface area contributed by atoms with Crippen LogP contribution < -0.4 is 0 Å². The second-order valence-electron chi connectivity index (χ2n) is 4.74. The van der Waals surface area contributed by atoms with E-state index in [4.69, 9.17) is 0 Å². The first kappa shape index (κ1) is 14.7. The number of likely N-dealkylation sites (N-methyl/N-ethyl adjacent to an activating group) is 1. The van der Waals surface area contributed by atoms with Crippen molar-refractivity contribution in [2.24, 2.45) is 0 Å². The first-order chi connectivity index (χ1) is 9.59. The number of aromatic nitrogens is 1. The lowest BCUT2D eigenvalue weighted by Gasteiger charge is -2.18. The molecule has 0 atom stereocenters. The van der Waals surface area contributed by atoms with Crippen LogP contribution in [0.15, 0.2) is 47.2 Å². The summed E-state index contributed by atoms with van der Waals surface area (Å²) >= 11 is 3.46. The summed E-state index contributed by atoms with van der Waals surface area (Å²) in [6, 6.07) is 9.65. The summed E-state index contributed by atoms with van der Waals surface area (Å²) in [5.74, 6) is 0.0536. The number of benzene rings is 1. The second-order valence-corrected chi connectivity index (χ2v) is 5.60. The van der Waals surface area contributed by atoms with Gasteiger partial charge in [0, 0.05) is 36.0 Å². The van der Waals surface area contributed by atoms with E-state index in [9.17, 15) is 4.79 Å². The third-order valence-electron chi connectivity index (χ3n) is 3.33. The lowest BCUT2D eigenvalue weighted by atomic mass is 10.1. The summed E-state index contributed by atoms with van der Waals surface area (Å²) in [4.78, 5) is 18.2. The number of hydrogen-bond donors (Lipinski definition) is 0. The van der Waals surface area contributed by atoms with Gasteiger partial charge in [-0.15, -0.1) is 0 Å². The maximum Gasteiger partial charge on any atom is 0.253 e. The first-order valence-electron chi connectivity index (χ1n) is 6.49. The van der Waals surface area contributed by atoms with Gasteiger partial charge in [0.05, 0.1) is 0 Å². The molecule has 0 fully saturated rings. The Morgan fingerprint density at radius 1 is 1.25 bits per heavy atom. The predicted octanol–water partition coefficient (Wildman–Crippen LogP) is 3.47. The van der Waals surface area contributed by atoms with Gasteiger partial charge in [-0.05, 0) is 48.7 Å². The summed E-state index contributed by atoms with van der Waals surface area (Å²) < 4.78 is 0.964. The number of carbonyl (C=O) groups is 1. The molecule has 2 rings (SSSR count).